The maximum Gasteiger partial charge on any atom is 0.308 e. The van der Waals surface area contributed by atoms with Crippen molar-refractivity contribution in [2.75, 3.05) is 5.88 Å². The number of alkyl halides is 1. The summed E-state index contributed by atoms with van der Waals surface area (Å²) in [6.07, 6.45) is 3.74. The van der Waals surface area contributed by atoms with Gasteiger partial charge in [0.25, 0.3) is 0 Å². The third-order valence-electron chi connectivity index (χ3n) is 7.10. The topological polar surface area (TPSA) is 38.5 Å². The number of halogens is 1. The maximum absolute atomic E-state index is 13.9. The lowest BCUT2D eigenvalue weighted by Gasteiger charge is -2.52. The molecule has 168 valence electrons. The van der Waals surface area contributed by atoms with Crippen LogP contribution in [0.2, 0.25) is 0 Å². The summed E-state index contributed by atoms with van der Waals surface area (Å²) >= 11 is 6.53. The van der Waals surface area contributed by atoms with Crippen LogP contribution in [0.25, 0.3) is 10.8 Å². The van der Waals surface area contributed by atoms with Crippen molar-refractivity contribution in [3.8, 4) is 0 Å². The molecular formula is C26H35ClN2O2. The quantitative estimate of drug-likeness (QED) is 0.309. The Hall–Kier alpha value is -1.62. The van der Waals surface area contributed by atoms with Gasteiger partial charge in [-0.25, -0.2) is 4.84 Å². The molecule has 1 unspecified atom stereocenters. The SMILES string of the molecule is CC1(C)CC(CCl)(ON2C(C)(C)CCCC2(C)C)[N+]([O-])=C1c1ccc2ccccc2c1. The average Bonchev–Trinajstić information content (AvgIpc) is 2.89. The van der Waals surface area contributed by atoms with Gasteiger partial charge in [0.05, 0.1) is 11.8 Å². The van der Waals surface area contributed by atoms with Crippen molar-refractivity contribution in [2.45, 2.75) is 84.0 Å². The Kier molecular flexibility index (Phi) is 5.44. The third-order valence-corrected chi connectivity index (χ3v) is 7.52. The highest BCUT2D eigenvalue weighted by atomic mass is 35.5. The Bertz CT molecular complexity index is 1010. The van der Waals surface area contributed by atoms with Gasteiger partial charge in [0.2, 0.25) is 5.71 Å². The van der Waals surface area contributed by atoms with Gasteiger partial charge in [0.15, 0.2) is 0 Å². The first-order valence-electron chi connectivity index (χ1n) is 11.3. The number of benzene rings is 2. The van der Waals surface area contributed by atoms with Crippen molar-refractivity contribution in [1.29, 1.82) is 0 Å². The Labute approximate surface area is 191 Å². The van der Waals surface area contributed by atoms with Gasteiger partial charge in [0, 0.05) is 16.6 Å². The van der Waals surface area contributed by atoms with Crippen molar-refractivity contribution >= 4 is 28.1 Å². The third kappa shape index (κ3) is 3.77. The van der Waals surface area contributed by atoms with Crippen LogP contribution in [0, 0.1) is 10.6 Å². The molecule has 4 nitrogen and oxygen atoms in total. The highest BCUT2D eigenvalue weighted by molar-refractivity contribution is 6.18. The molecular weight excluding hydrogens is 408 g/mol. The van der Waals surface area contributed by atoms with Crippen LogP contribution in [0.4, 0.5) is 0 Å². The number of hydrogen-bond acceptors (Lipinski definition) is 3. The zero-order valence-electron chi connectivity index (χ0n) is 19.7. The summed E-state index contributed by atoms with van der Waals surface area (Å²) in [6, 6.07) is 14.5. The summed E-state index contributed by atoms with van der Waals surface area (Å²) in [6.45, 7) is 13.0. The summed E-state index contributed by atoms with van der Waals surface area (Å²) in [4.78, 5) is 6.70. The molecule has 0 N–H and O–H groups in total. The van der Waals surface area contributed by atoms with Crippen LogP contribution in [0.5, 0.6) is 0 Å². The standard InChI is InChI=1S/C26H35ClN2O2/c1-23(2)17-26(18-27,31-29-24(3,4)14-9-15-25(29,5)6)28(30)22(23)21-13-12-19-10-7-8-11-20(19)16-21/h7-8,10-13,16H,9,14-15,17-18H2,1-6H3. The minimum absolute atomic E-state index is 0.111. The average molecular weight is 443 g/mol. The second kappa shape index (κ2) is 7.47. The second-order valence-electron chi connectivity index (χ2n) is 11.2. The molecule has 0 radical (unpaired) electrons. The molecule has 2 aromatic rings. The molecule has 0 saturated carbocycles. The van der Waals surface area contributed by atoms with Crippen molar-refractivity contribution in [2.24, 2.45) is 5.41 Å². The zero-order valence-corrected chi connectivity index (χ0v) is 20.4. The lowest BCUT2D eigenvalue weighted by molar-refractivity contribution is -0.631. The molecule has 2 aromatic carbocycles. The summed E-state index contributed by atoms with van der Waals surface area (Å²) < 4.78 is 1.07. The molecule has 2 heterocycles. The van der Waals surface area contributed by atoms with Gasteiger partial charge in [-0.1, -0.05) is 30.3 Å². The zero-order chi connectivity index (χ0) is 22.7. The molecule has 2 aliphatic rings. The van der Waals surface area contributed by atoms with Crippen molar-refractivity contribution in [3.05, 3.63) is 53.2 Å². The van der Waals surface area contributed by atoms with Gasteiger partial charge in [0.1, 0.15) is 5.88 Å². The Balaban J connectivity index is 1.80. The van der Waals surface area contributed by atoms with Gasteiger partial charge in [-0.3, -0.25) is 0 Å². The summed E-state index contributed by atoms with van der Waals surface area (Å²) in [5, 5.41) is 18.3. The van der Waals surface area contributed by atoms with E-state index in [2.05, 4.69) is 70.9 Å². The molecule has 0 spiro atoms. The Morgan fingerprint density at radius 3 is 2.19 bits per heavy atom. The first-order valence-corrected chi connectivity index (χ1v) is 11.8. The van der Waals surface area contributed by atoms with Gasteiger partial charge < -0.3 is 5.21 Å². The molecule has 0 amide bonds. The van der Waals surface area contributed by atoms with Crippen LogP contribution in [0.3, 0.4) is 0 Å². The molecule has 5 heteroatoms. The maximum atomic E-state index is 13.9. The lowest BCUT2D eigenvalue weighted by Crippen LogP contribution is -2.63. The number of hydroxylamine groups is 3. The molecule has 0 aromatic heterocycles. The molecule has 0 aliphatic carbocycles. The van der Waals surface area contributed by atoms with Gasteiger partial charge >= 0.3 is 5.72 Å². The van der Waals surface area contributed by atoms with E-state index < -0.39 is 5.72 Å². The minimum Gasteiger partial charge on any atom is -0.621 e. The van der Waals surface area contributed by atoms with Crippen LogP contribution in [-0.4, -0.2) is 38.2 Å². The van der Waals surface area contributed by atoms with E-state index in [1.54, 1.807) is 0 Å². The molecule has 0 bridgehead atoms. The summed E-state index contributed by atoms with van der Waals surface area (Å²) in [7, 11) is 0. The van der Waals surface area contributed by atoms with E-state index in [1.807, 2.05) is 18.2 Å². The fraction of sp³-hybridized carbons (Fsp3) is 0.577. The number of rotatable bonds is 4. The monoisotopic (exact) mass is 442 g/mol. The normalized spacial score (nSPS) is 27.7. The highest BCUT2D eigenvalue weighted by Gasteiger charge is 2.60. The molecule has 2 aliphatic heterocycles. The van der Waals surface area contributed by atoms with Crippen LogP contribution < -0.4 is 0 Å². The molecule has 31 heavy (non-hydrogen) atoms. The number of piperidine rings is 1. The Morgan fingerprint density at radius 1 is 0.968 bits per heavy atom. The fourth-order valence-corrected chi connectivity index (χ4v) is 6.01. The van der Waals surface area contributed by atoms with E-state index in [0.29, 0.717) is 6.42 Å². The number of nitrogens with zero attached hydrogens (tertiary/aromatic N) is 2. The first-order chi connectivity index (χ1) is 14.4. The minimum atomic E-state index is -1.13. The number of fused-ring (bicyclic) bond motifs is 1. The Morgan fingerprint density at radius 2 is 1.58 bits per heavy atom. The van der Waals surface area contributed by atoms with E-state index in [0.717, 1.165) is 46.0 Å². The van der Waals surface area contributed by atoms with Gasteiger partial charge in [-0.05, 0) is 83.7 Å². The molecule has 1 saturated heterocycles. The van der Waals surface area contributed by atoms with E-state index in [9.17, 15) is 5.21 Å². The predicted molar refractivity (Wildman–Crippen MR) is 128 cm³/mol. The summed E-state index contributed by atoms with van der Waals surface area (Å²) in [5.41, 5.74) is -0.159. The smallest absolute Gasteiger partial charge is 0.308 e. The second-order valence-corrected chi connectivity index (χ2v) is 11.5. The number of hydrogen-bond donors (Lipinski definition) is 0. The predicted octanol–water partition coefficient (Wildman–Crippen LogP) is 6.48. The van der Waals surface area contributed by atoms with Crippen LogP contribution >= 0.6 is 11.6 Å². The van der Waals surface area contributed by atoms with Crippen molar-refractivity contribution in [3.63, 3.8) is 0 Å². The van der Waals surface area contributed by atoms with E-state index >= 15 is 0 Å². The molecule has 1 atom stereocenters. The highest BCUT2D eigenvalue weighted by Crippen LogP contribution is 2.47. The van der Waals surface area contributed by atoms with Gasteiger partial charge in [-0.15, -0.1) is 11.6 Å². The van der Waals surface area contributed by atoms with E-state index in [1.165, 1.54) is 0 Å². The molecule has 4 rings (SSSR count). The van der Waals surface area contributed by atoms with Gasteiger partial charge in [-0.2, -0.15) is 9.80 Å². The van der Waals surface area contributed by atoms with E-state index in [4.69, 9.17) is 16.4 Å². The van der Waals surface area contributed by atoms with Crippen LogP contribution in [0.15, 0.2) is 42.5 Å². The lowest BCUT2D eigenvalue weighted by atomic mass is 9.80. The molecule has 1 fully saturated rings. The summed E-state index contributed by atoms with van der Waals surface area (Å²) in [5.74, 6) is 0.111. The van der Waals surface area contributed by atoms with Crippen LogP contribution in [-0.2, 0) is 4.84 Å². The van der Waals surface area contributed by atoms with Crippen molar-refractivity contribution < 1.29 is 9.58 Å². The fourth-order valence-electron chi connectivity index (χ4n) is 5.76. The van der Waals surface area contributed by atoms with Crippen molar-refractivity contribution in [1.82, 2.24) is 5.06 Å². The van der Waals surface area contributed by atoms with E-state index in [-0.39, 0.29) is 22.4 Å². The van der Waals surface area contributed by atoms with Crippen LogP contribution in [0.1, 0.15) is 72.8 Å². The largest absolute Gasteiger partial charge is 0.621 e. The first kappa shape index (κ1) is 22.6.